The second kappa shape index (κ2) is 10.1. The molecular formula is C20H28N2O5. The number of carboxylic acid groups (broad SMARTS) is 2. The third kappa shape index (κ3) is 6.67. The van der Waals surface area contributed by atoms with E-state index in [1.165, 1.54) is 36.9 Å². The second-order valence-corrected chi connectivity index (χ2v) is 7.33. The first-order valence-corrected chi connectivity index (χ1v) is 9.49. The monoisotopic (exact) mass is 376 g/mol. The number of aryl methyl sites for hydroxylation is 1. The zero-order chi connectivity index (χ0) is 19.8. The number of carboxylic acids is 2. The van der Waals surface area contributed by atoms with Crippen molar-refractivity contribution in [2.45, 2.75) is 39.2 Å². The average molecular weight is 376 g/mol. The Hall–Kier alpha value is -2.41. The number of carbonyl (C=O) groups is 3. The van der Waals surface area contributed by atoms with Crippen LogP contribution >= 0.6 is 0 Å². The summed E-state index contributed by atoms with van der Waals surface area (Å²) < 4.78 is 0. The number of hydrogen-bond donors (Lipinski definition) is 2. The van der Waals surface area contributed by atoms with Crippen molar-refractivity contribution in [1.29, 1.82) is 0 Å². The molecule has 1 aromatic rings. The van der Waals surface area contributed by atoms with E-state index in [1.54, 1.807) is 4.90 Å². The topological polar surface area (TPSA) is 102 Å². The largest absolute Gasteiger partial charge is 0.539 e. The lowest BCUT2D eigenvalue weighted by molar-refractivity contribution is -0.921. The Morgan fingerprint density at radius 2 is 1.74 bits per heavy atom. The van der Waals surface area contributed by atoms with Crippen LogP contribution < -0.4 is 10.0 Å². The van der Waals surface area contributed by atoms with Crippen molar-refractivity contribution >= 4 is 17.8 Å². The van der Waals surface area contributed by atoms with Gasteiger partial charge < -0.3 is 24.8 Å². The van der Waals surface area contributed by atoms with Crippen LogP contribution in [0.25, 0.3) is 0 Å². The van der Waals surface area contributed by atoms with Crippen LogP contribution in [0.3, 0.4) is 0 Å². The van der Waals surface area contributed by atoms with Gasteiger partial charge in [0.1, 0.15) is 6.54 Å². The molecule has 2 heterocycles. The number of nitrogens with zero attached hydrogens (tertiary/aromatic N) is 1. The lowest BCUT2D eigenvalue weighted by Crippen LogP contribution is -3.12. The Bertz CT molecular complexity index is 641. The molecule has 2 N–H and O–H groups in total. The molecule has 2 aliphatic heterocycles. The molecule has 3 rings (SSSR count). The number of amides is 1. The van der Waals surface area contributed by atoms with Crippen molar-refractivity contribution in [3.8, 4) is 0 Å². The van der Waals surface area contributed by atoms with E-state index in [0.29, 0.717) is 5.91 Å². The van der Waals surface area contributed by atoms with Crippen LogP contribution in [0.2, 0.25) is 0 Å². The van der Waals surface area contributed by atoms with Crippen molar-refractivity contribution in [3.05, 3.63) is 35.4 Å². The van der Waals surface area contributed by atoms with Gasteiger partial charge >= 0.3 is 5.97 Å². The molecule has 0 saturated carbocycles. The fourth-order valence-corrected chi connectivity index (χ4v) is 3.71. The van der Waals surface area contributed by atoms with Crippen molar-refractivity contribution < 1.29 is 29.5 Å². The smallest absolute Gasteiger partial charge is 0.351 e. The molecule has 0 aliphatic carbocycles. The highest BCUT2D eigenvalue weighted by atomic mass is 16.4. The number of nitrogens with one attached hydrogen (secondary N) is 1. The Balaban J connectivity index is 0.000000380. The van der Waals surface area contributed by atoms with E-state index < -0.39 is 11.9 Å². The van der Waals surface area contributed by atoms with E-state index in [9.17, 15) is 4.79 Å². The number of piperidine rings is 1. The van der Waals surface area contributed by atoms with Crippen molar-refractivity contribution in [1.82, 2.24) is 4.90 Å². The van der Waals surface area contributed by atoms with Gasteiger partial charge in [-0.05, 0) is 32.6 Å². The number of likely N-dealkylation sites (tertiary alicyclic amines) is 2. The van der Waals surface area contributed by atoms with Gasteiger partial charge in [0.2, 0.25) is 5.91 Å². The molecule has 2 atom stereocenters. The highest BCUT2D eigenvalue weighted by molar-refractivity contribution is 6.26. The summed E-state index contributed by atoms with van der Waals surface area (Å²) in [5.74, 6) is -3.32. The van der Waals surface area contributed by atoms with Crippen LogP contribution in [0.4, 0.5) is 0 Å². The Labute approximate surface area is 159 Å². The van der Waals surface area contributed by atoms with E-state index in [-0.39, 0.29) is 5.92 Å². The van der Waals surface area contributed by atoms with Gasteiger partial charge in [-0.2, -0.15) is 0 Å². The molecule has 2 aliphatic rings. The summed E-state index contributed by atoms with van der Waals surface area (Å²) in [7, 11) is 0. The summed E-state index contributed by atoms with van der Waals surface area (Å²) in [6, 6.07) is 8.83. The van der Waals surface area contributed by atoms with Gasteiger partial charge in [-0.15, -0.1) is 0 Å². The minimum absolute atomic E-state index is 0.261. The van der Waals surface area contributed by atoms with Gasteiger partial charge in [-0.3, -0.25) is 4.79 Å². The summed E-state index contributed by atoms with van der Waals surface area (Å²) in [5.41, 5.74) is 2.71. The lowest BCUT2D eigenvalue weighted by atomic mass is 9.96. The Morgan fingerprint density at radius 3 is 2.30 bits per heavy atom. The van der Waals surface area contributed by atoms with E-state index in [1.807, 2.05) is 0 Å². The summed E-state index contributed by atoms with van der Waals surface area (Å²) >= 11 is 0. The second-order valence-electron chi connectivity index (χ2n) is 7.33. The third-order valence-electron chi connectivity index (χ3n) is 5.13. The molecule has 1 aromatic carbocycles. The molecule has 7 nitrogen and oxygen atoms in total. The maximum Gasteiger partial charge on any atom is 0.351 e. The molecule has 0 aromatic heterocycles. The van der Waals surface area contributed by atoms with Crippen LogP contribution in [-0.2, 0) is 20.9 Å². The normalized spacial score (nSPS) is 21.9. The van der Waals surface area contributed by atoms with E-state index in [2.05, 4.69) is 36.1 Å². The number of aliphatic carboxylic acids is 2. The number of hydrogen-bond acceptors (Lipinski definition) is 4. The van der Waals surface area contributed by atoms with Crippen molar-refractivity contribution in [3.63, 3.8) is 0 Å². The molecule has 7 heteroatoms. The number of quaternary nitrogens is 1. The van der Waals surface area contributed by atoms with Gasteiger partial charge in [-0.25, -0.2) is 4.79 Å². The van der Waals surface area contributed by atoms with Gasteiger partial charge in [0.15, 0.2) is 5.97 Å². The Morgan fingerprint density at radius 1 is 1.15 bits per heavy atom. The summed E-state index contributed by atoms with van der Waals surface area (Å²) in [5, 5.41) is 16.3. The van der Waals surface area contributed by atoms with Crippen molar-refractivity contribution in [2.75, 3.05) is 26.2 Å². The maximum atomic E-state index is 12.6. The van der Waals surface area contributed by atoms with Gasteiger partial charge in [0.25, 0.3) is 0 Å². The lowest BCUT2D eigenvalue weighted by Gasteiger charge is -2.31. The van der Waals surface area contributed by atoms with Crippen LogP contribution in [0.5, 0.6) is 0 Å². The van der Waals surface area contributed by atoms with E-state index >= 15 is 0 Å². The SMILES string of the molecule is Cc1ccc(C[NH+]2CCCC(C(=O)N3CCCC3)C2)cc1.O=C([O-])C(=O)O. The highest BCUT2D eigenvalue weighted by Crippen LogP contribution is 2.16. The number of carbonyl (C=O) groups excluding carboxylic acids is 2. The van der Waals surface area contributed by atoms with Crippen LogP contribution in [0, 0.1) is 12.8 Å². The zero-order valence-corrected chi connectivity index (χ0v) is 15.8. The van der Waals surface area contributed by atoms with Crippen LogP contribution in [-0.4, -0.2) is 54.0 Å². The molecular weight excluding hydrogens is 348 g/mol. The first kappa shape index (κ1) is 20.9. The quantitative estimate of drug-likeness (QED) is 0.675. The fraction of sp³-hybridized carbons (Fsp3) is 0.550. The molecule has 2 saturated heterocycles. The van der Waals surface area contributed by atoms with E-state index in [4.69, 9.17) is 19.8 Å². The summed E-state index contributed by atoms with van der Waals surface area (Å²) in [6.45, 7) is 7.39. The van der Waals surface area contributed by atoms with Crippen LogP contribution in [0.1, 0.15) is 36.8 Å². The number of rotatable bonds is 3. The van der Waals surface area contributed by atoms with Crippen molar-refractivity contribution in [2.24, 2.45) is 5.92 Å². The van der Waals surface area contributed by atoms with Gasteiger partial charge in [0.05, 0.1) is 19.0 Å². The molecule has 2 unspecified atom stereocenters. The van der Waals surface area contributed by atoms with Gasteiger partial charge in [0, 0.05) is 18.7 Å². The first-order chi connectivity index (χ1) is 12.9. The predicted molar refractivity (Wildman–Crippen MR) is 96.8 cm³/mol. The zero-order valence-electron chi connectivity index (χ0n) is 15.8. The fourth-order valence-electron chi connectivity index (χ4n) is 3.71. The highest BCUT2D eigenvalue weighted by Gasteiger charge is 2.32. The van der Waals surface area contributed by atoms with Crippen LogP contribution in [0.15, 0.2) is 24.3 Å². The molecule has 2 fully saturated rings. The average Bonchev–Trinajstić information content (AvgIpc) is 3.18. The van der Waals surface area contributed by atoms with Gasteiger partial charge in [-0.1, -0.05) is 29.8 Å². The molecule has 0 radical (unpaired) electrons. The third-order valence-corrected chi connectivity index (χ3v) is 5.13. The minimum atomic E-state index is -2.07. The molecule has 0 bridgehead atoms. The first-order valence-electron chi connectivity index (χ1n) is 9.49. The number of benzene rings is 1. The molecule has 0 spiro atoms. The minimum Gasteiger partial charge on any atom is -0.539 e. The van der Waals surface area contributed by atoms with E-state index in [0.717, 1.165) is 32.6 Å². The standard InChI is InChI=1S/C18H26N2O.C2H2O4/c1-15-6-8-16(9-7-15)13-19-10-4-5-17(14-19)18(21)20-11-2-3-12-20;3-1(4)2(5)6/h6-9,17H,2-5,10-14H2,1H3;(H,3,4)(H,5,6). The maximum absolute atomic E-state index is 12.6. The Kier molecular flexibility index (Phi) is 7.79. The summed E-state index contributed by atoms with van der Waals surface area (Å²) in [6.07, 6.45) is 4.66. The molecule has 148 valence electrons. The molecule has 1 amide bonds. The summed E-state index contributed by atoms with van der Waals surface area (Å²) in [4.78, 5) is 34.2. The predicted octanol–water partition coefficient (Wildman–Crippen LogP) is -0.767. The molecule has 27 heavy (non-hydrogen) atoms.